The van der Waals surface area contributed by atoms with Crippen molar-refractivity contribution in [3.63, 3.8) is 0 Å². The topological polar surface area (TPSA) is 66.5 Å². The molecule has 1 atom stereocenters. The lowest BCUT2D eigenvalue weighted by molar-refractivity contribution is -0.126. The third kappa shape index (κ3) is 5.76. The van der Waals surface area contributed by atoms with Gasteiger partial charge in [-0.25, -0.2) is 12.7 Å². The molecule has 0 spiro atoms. The maximum Gasteiger partial charge on any atom is 0.223 e. The van der Waals surface area contributed by atoms with Crippen LogP contribution in [0.15, 0.2) is 48.5 Å². The monoisotopic (exact) mass is 468 g/mol. The first-order valence-corrected chi connectivity index (χ1v) is 12.4. The molecule has 1 heterocycles. The molecule has 0 saturated carbocycles. The van der Waals surface area contributed by atoms with Gasteiger partial charge in [-0.05, 0) is 42.5 Å². The molecule has 1 aliphatic heterocycles. The molecular weight excluding hydrogens is 443 g/mol. The van der Waals surface area contributed by atoms with E-state index in [1.807, 2.05) is 37.3 Å². The SMILES string of the molecule is CCC(NC(=O)C1CCN(S(=O)(=O)Cc2ccc(Cl)c(Cl)c2)CC1)c1ccccc1. The third-order valence-corrected chi connectivity index (χ3v) is 8.07. The number of carbonyl (C=O) groups excluding carboxylic acids is 1. The van der Waals surface area contributed by atoms with Crippen LogP contribution in [0.2, 0.25) is 10.0 Å². The van der Waals surface area contributed by atoms with Crippen LogP contribution in [0.3, 0.4) is 0 Å². The minimum atomic E-state index is -3.49. The van der Waals surface area contributed by atoms with Crippen molar-refractivity contribution in [3.05, 3.63) is 69.7 Å². The normalized spacial score (nSPS) is 16.9. The number of nitrogens with zero attached hydrogens (tertiary/aromatic N) is 1. The van der Waals surface area contributed by atoms with Crippen LogP contribution in [-0.4, -0.2) is 31.7 Å². The Morgan fingerprint density at radius 1 is 1.10 bits per heavy atom. The molecule has 5 nitrogen and oxygen atoms in total. The van der Waals surface area contributed by atoms with Crippen molar-refractivity contribution in [3.8, 4) is 0 Å². The summed E-state index contributed by atoms with van der Waals surface area (Å²) in [5.41, 5.74) is 1.67. The summed E-state index contributed by atoms with van der Waals surface area (Å²) in [7, 11) is -3.49. The molecule has 3 rings (SSSR count). The Kier molecular flexibility index (Phi) is 7.80. The first kappa shape index (κ1) is 23.1. The van der Waals surface area contributed by atoms with Crippen LogP contribution in [-0.2, 0) is 20.6 Å². The molecular formula is C22H26Cl2N2O3S. The lowest BCUT2D eigenvalue weighted by Gasteiger charge is -2.31. The van der Waals surface area contributed by atoms with Crippen LogP contribution in [0.1, 0.15) is 43.4 Å². The highest BCUT2D eigenvalue weighted by Crippen LogP contribution is 2.26. The van der Waals surface area contributed by atoms with Crippen LogP contribution >= 0.6 is 23.2 Å². The van der Waals surface area contributed by atoms with Crippen LogP contribution < -0.4 is 5.32 Å². The number of piperidine rings is 1. The van der Waals surface area contributed by atoms with E-state index in [0.717, 1.165) is 12.0 Å². The average molecular weight is 469 g/mol. The van der Waals surface area contributed by atoms with Crippen LogP contribution in [0.4, 0.5) is 0 Å². The molecule has 1 aliphatic rings. The molecule has 1 unspecified atom stereocenters. The van der Waals surface area contributed by atoms with Crippen LogP contribution in [0.25, 0.3) is 0 Å². The van der Waals surface area contributed by atoms with Crippen LogP contribution in [0.5, 0.6) is 0 Å². The number of nitrogens with one attached hydrogen (secondary N) is 1. The third-order valence-electron chi connectivity index (χ3n) is 5.48. The van der Waals surface area contributed by atoms with Gasteiger partial charge in [0, 0.05) is 19.0 Å². The van der Waals surface area contributed by atoms with Crippen molar-refractivity contribution in [1.82, 2.24) is 9.62 Å². The molecule has 1 saturated heterocycles. The summed E-state index contributed by atoms with van der Waals surface area (Å²) in [6.45, 7) is 2.71. The Hall–Kier alpha value is -1.60. The zero-order chi connectivity index (χ0) is 21.7. The van der Waals surface area contributed by atoms with Gasteiger partial charge in [-0.3, -0.25) is 4.79 Å². The Morgan fingerprint density at radius 3 is 2.37 bits per heavy atom. The zero-order valence-corrected chi connectivity index (χ0v) is 19.2. The molecule has 0 bridgehead atoms. The number of amides is 1. The van der Waals surface area contributed by atoms with Crippen molar-refractivity contribution in [2.75, 3.05) is 13.1 Å². The van der Waals surface area contributed by atoms with Crippen molar-refractivity contribution < 1.29 is 13.2 Å². The van der Waals surface area contributed by atoms with Gasteiger partial charge in [0.15, 0.2) is 0 Å². The van der Waals surface area contributed by atoms with E-state index in [2.05, 4.69) is 5.32 Å². The van der Waals surface area contributed by atoms with Gasteiger partial charge in [0.1, 0.15) is 0 Å². The van der Waals surface area contributed by atoms with Crippen LogP contribution in [0, 0.1) is 5.92 Å². The number of sulfonamides is 1. The van der Waals surface area contributed by atoms with Gasteiger partial charge in [0.2, 0.25) is 15.9 Å². The molecule has 2 aromatic rings. The fourth-order valence-corrected chi connectivity index (χ4v) is 5.59. The van der Waals surface area contributed by atoms with Gasteiger partial charge < -0.3 is 5.32 Å². The summed E-state index contributed by atoms with van der Waals surface area (Å²) in [6.07, 6.45) is 1.82. The van der Waals surface area contributed by atoms with E-state index in [1.165, 1.54) is 4.31 Å². The van der Waals surface area contributed by atoms with Crippen molar-refractivity contribution >= 4 is 39.1 Å². The molecule has 30 heavy (non-hydrogen) atoms. The summed E-state index contributed by atoms with van der Waals surface area (Å²) in [5, 5.41) is 3.85. The van der Waals surface area contributed by atoms with E-state index < -0.39 is 10.0 Å². The number of rotatable bonds is 7. The highest BCUT2D eigenvalue weighted by atomic mass is 35.5. The first-order valence-electron chi connectivity index (χ1n) is 10.1. The minimum absolute atomic E-state index is 0.00719. The summed E-state index contributed by atoms with van der Waals surface area (Å²) in [4.78, 5) is 12.8. The Morgan fingerprint density at radius 2 is 1.77 bits per heavy atom. The molecule has 1 fully saturated rings. The van der Waals surface area contributed by atoms with E-state index >= 15 is 0 Å². The molecule has 0 radical (unpaired) electrons. The van der Waals surface area contributed by atoms with Crippen molar-refractivity contribution in [1.29, 1.82) is 0 Å². The Bertz CT molecular complexity index is 975. The molecule has 0 aliphatic carbocycles. The number of carbonyl (C=O) groups is 1. The first-order chi connectivity index (χ1) is 14.3. The van der Waals surface area contributed by atoms with E-state index in [1.54, 1.807) is 18.2 Å². The van der Waals surface area contributed by atoms with Gasteiger partial charge in [0.25, 0.3) is 0 Å². The number of hydrogen-bond acceptors (Lipinski definition) is 3. The fraction of sp³-hybridized carbons (Fsp3) is 0.409. The lowest BCUT2D eigenvalue weighted by Crippen LogP contribution is -2.44. The molecule has 8 heteroatoms. The second-order valence-electron chi connectivity index (χ2n) is 7.56. The summed E-state index contributed by atoms with van der Waals surface area (Å²) < 4.78 is 27.0. The van der Waals surface area contributed by atoms with Gasteiger partial charge in [-0.15, -0.1) is 0 Å². The van der Waals surface area contributed by atoms with Gasteiger partial charge in [-0.1, -0.05) is 66.5 Å². The van der Waals surface area contributed by atoms with E-state index in [9.17, 15) is 13.2 Å². The summed E-state index contributed by atoms with van der Waals surface area (Å²) >= 11 is 11.9. The van der Waals surface area contributed by atoms with Gasteiger partial charge in [-0.2, -0.15) is 0 Å². The molecule has 1 N–H and O–H groups in total. The Balaban J connectivity index is 1.56. The average Bonchev–Trinajstić information content (AvgIpc) is 2.75. The largest absolute Gasteiger partial charge is 0.349 e. The summed E-state index contributed by atoms with van der Waals surface area (Å²) in [5.74, 6) is -0.321. The summed E-state index contributed by atoms with van der Waals surface area (Å²) in [6, 6.07) is 14.7. The second-order valence-corrected chi connectivity index (χ2v) is 10.3. The molecule has 2 aromatic carbocycles. The van der Waals surface area contributed by atoms with E-state index in [-0.39, 0.29) is 23.6 Å². The number of halogens is 2. The molecule has 162 valence electrons. The zero-order valence-electron chi connectivity index (χ0n) is 16.9. The second kappa shape index (κ2) is 10.1. The van der Waals surface area contributed by atoms with Gasteiger partial charge >= 0.3 is 0 Å². The lowest BCUT2D eigenvalue weighted by atomic mass is 9.96. The highest BCUT2D eigenvalue weighted by molar-refractivity contribution is 7.88. The maximum absolute atomic E-state index is 12.8. The smallest absolute Gasteiger partial charge is 0.223 e. The molecule has 0 aromatic heterocycles. The Labute approximate surface area is 188 Å². The number of hydrogen-bond donors (Lipinski definition) is 1. The maximum atomic E-state index is 12.8. The van der Waals surface area contributed by atoms with Crippen molar-refractivity contribution in [2.45, 2.75) is 38.0 Å². The van der Waals surface area contributed by atoms with Crippen molar-refractivity contribution in [2.24, 2.45) is 5.92 Å². The predicted molar refractivity (Wildman–Crippen MR) is 121 cm³/mol. The fourth-order valence-electron chi connectivity index (χ4n) is 3.72. The minimum Gasteiger partial charge on any atom is -0.349 e. The molecule has 1 amide bonds. The predicted octanol–water partition coefficient (Wildman–Crippen LogP) is 4.80. The standard InChI is InChI=1S/C22H26Cl2N2O3S/c1-2-21(17-6-4-3-5-7-17)25-22(27)18-10-12-26(13-11-18)30(28,29)15-16-8-9-19(23)20(24)14-16/h3-9,14,18,21H,2,10-13,15H2,1H3,(H,25,27). The van der Waals surface area contributed by atoms with E-state index in [0.29, 0.717) is 41.5 Å². The quantitative estimate of drug-likeness (QED) is 0.634. The van der Waals surface area contributed by atoms with E-state index in [4.69, 9.17) is 23.2 Å². The highest BCUT2D eigenvalue weighted by Gasteiger charge is 2.32. The van der Waals surface area contributed by atoms with Gasteiger partial charge in [0.05, 0.1) is 21.8 Å². The number of benzene rings is 2.